The molecule has 0 bridgehead atoms. The second-order valence-electron chi connectivity index (χ2n) is 3.91. The van der Waals surface area contributed by atoms with Gasteiger partial charge in [-0.1, -0.05) is 23.8 Å². The highest BCUT2D eigenvalue weighted by Gasteiger charge is 2.04. The van der Waals surface area contributed by atoms with Crippen LogP contribution in [0.15, 0.2) is 18.2 Å². The second kappa shape index (κ2) is 6.79. The van der Waals surface area contributed by atoms with Crippen molar-refractivity contribution < 1.29 is 4.74 Å². The van der Waals surface area contributed by atoms with E-state index in [0.29, 0.717) is 22.2 Å². The molecule has 0 fully saturated rings. The summed E-state index contributed by atoms with van der Waals surface area (Å²) in [6.07, 6.45) is 0.248. The molecular formula is C12H17ClN2OS. The topological polar surface area (TPSA) is 47.3 Å². The van der Waals surface area contributed by atoms with Gasteiger partial charge in [0, 0.05) is 17.8 Å². The first-order valence-electron chi connectivity index (χ1n) is 5.45. The summed E-state index contributed by atoms with van der Waals surface area (Å²) in [6.45, 7) is 5.41. The van der Waals surface area contributed by atoms with Crippen LogP contribution in [0.5, 0.6) is 0 Å². The number of hydrogen-bond acceptors (Lipinski definition) is 3. The number of rotatable bonds is 6. The Balaban J connectivity index is 2.50. The van der Waals surface area contributed by atoms with Crippen molar-refractivity contribution in [3.63, 3.8) is 0 Å². The lowest BCUT2D eigenvalue weighted by atomic mass is 10.2. The molecule has 0 heterocycles. The van der Waals surface area contributed by atoms with Crippen LogP contribution >= 0.6 is 23.8 Å². The summed E-state index contributed by atoms with van der Waals surface area (Å²) in [6, 6.07) is 5.53. The Bertz CT molecular complexity index is 396. The van der Waals surface area contributed by atoms with Crippen molar-refractivity contribution in [3.05, 3.63) is 28.8 Å². The summed E-state index contributed by atoms with van der Waals surface area (Å²) in [5.41, 5.74) is 7.16. The lowest BCUT2D eigenvalue weighted by Gasteiger charge is -2.10. The molecule has 0 aliphatic rings. The quantitative estimate of drug-likeness (QED) is 0.618. The first kappa shape index (κ1) is 14.2. The van der Waals surface area contributed by atoms with E-state index in [0.717, 1.165) is 12.2 Å². The van der Waals surface area contributed by atoms with Gasteiger partial charge in [0.2, 0.25) is 0 Å². The second-order valence-corrected chi connectivity index (χ2v) is 4.75. The Morgan fingerprint density at radius 1 is 1.53 bits per heavy atom. The molecule has 0 saturated carbocycles. The molecule has 1 rings (SSSR count). The van der Waals surface area contributed by atoms with Crippen LogP contribution in [0.1, 0.15) is 19.4 Å². The molecule has 0 aliphatic heterocycles. The average molecular weight is 273 g/mol. The lowest BCUT2D eigenvalue weighted by molar-refractivity contribution is 0.0870. The summed E-state index contributed by atoms with van der Waals surface area (Å²) in [4.78, 5) is 0.310. The molecule has 3 N–H and O–H groups in total. The maximum Gasteiger partial charge on any atom is 0.105 e. The first-order chi connectivity index (χ1) is 8.00. The SMILES string of the molecule is CC(C)OCCNc1ccc(C(N)=S)c(Cl)c1. The van der Waals surface area contributed by atoms with Crippen LogP contribution in [0.25, 0.3) is 0 Å². The maximum atomic E-state index is 6.05. The van der Waals surface area contributed by atoms with Gasteiger partial charge in [0.25, 0.3) is 0 Å². The molecule has 0 unspecified atom stereocenters. The lowest BCUT2D eigenvalue weighted by Crippen LogP contribution is -2.14. The van der Waals surface area contributed by atoms with Crippen molar-refractivity contribution in [1.82, 2.24) is 0 Å². The van der Waals surface area contributed by atoms with Crippen molar-refractivity contribution in [1.29, 1.82) is 0 Å². The Kier molecular flexibility index (Phi) is 5.68. The Labute approximate surface area is 112 Å². The van der Waals surface area contributed by atoms with E-state index in [1.165, 1.54) is 0 Å². The van der Waals surface area contributed by atoms with Gasteiger partial charge in [0.1, 0.15) is 4.99 Å². The minimum Gasteiger partial charge on any atom is -0.389 e. The summed E-state index contributed by atoms with van der Waals surface area (Å²) in [5, 5.41) is 3.78. The van der Waals surface area contributed by atoms with Crippen molar-refractivity contribution >= 4 is 34.5 Å². The van der Waals surface area contributed by atoms with E-state index < -0.39 is 0 Å². The third kappa shape index (κ3) is 4.89. The molecule has 5 heteroatoms. The average Bonchev–Trinajstić information content (AvgIpc) is 2.23. The molecule has 0 saturated heterocycles. The normalized spacial score (nSPS) is 10.6. The van der Waals surface area contributed by atoms with E-state index in [-0.39, 0.29) is 6.10 Å². The number of benzene rings is 1. The van der Waals surface area contributed by atoms with Gasteiger partial charge in [-0.15, -0.1) is 0 Å². The van der Waals surface area contributed by atoms with Crippen LogP contribution in [0.4, 0.5) is 5.69 Å². The van der Waals surface area contributed by atoms with Gasteiger partial charge in [-0.05, 0) is 32.0 Å². The van der Waals surface area contributed by atoms with Gasteiger partial charge in [-0.25, -0.2) is 0 Å². The van der Waals surface area contributed by atoms with Crippen LogP contribution in [0.3, 0.4) is 0 Å². The first-order valence-corrected chi connectivity index (χ1v) is 6.24. The number of nitrogens with one attached hydrogen (secondary N) is 1. The Morgan fingerprint density at radius 3 is 2.76 bits per heavy atom. The molecule has 0 aliphatic carbocycles. The van der Waals surface area contributed by atoms with Gasteiger partial charge in [0.05, 0.1) is 17.7 Å². The van der Waals surface area contributed by atoms with Crippen molar-refractivity contribution in [2.75, 3.05) is 18.5 Å². The number of halogens is 1. The molecule has 94 valence electrons. The zero-order valence-electron chi connectivity index (χ0n) is 10.00. The minimum absolute atomic E-state index is 0.248. The number of nitrogens with two attached hydrogens (primary N) is 1. The largest absolute Gasteiger partial charge is 0.389 e. The van der Waals surface area contributed by atoms with E-state index in [4.69, 9.17) is 34.3 Å². The number of hydrogen-bond donors (Lipinski definition) is 2. The minimum atomic E-state index is 0.248. The van der Waals surface area contributed by atoms with E-state index in [9.17, 15) is 0 Å². The van der Waals surface area contributed by atoms with Crippen LogP contribution in [0.2, 0.25) is 5.02 Å². The van der Waals surface area contributed by atoms with Crippen LogP contribution in [-0.2, 0) is 4.74 Å². The maximum absolute atomic E-state index is 6.05. The standard InChI is InChI=1S/C12H17ClN2OS/c1-8(2)16-6-5-15-9-3-4-10(12(14)17)11(13)7-9/h3-4,7-8,15H,5-6H2,1-2H3,(H2,14,17). The van der Waals surface area contributed by atoms with Crippen molar-refractivity contribution in [2.24, 2.45) is 5.73 Å². The van der Waals surface area contributed by atoms with Gasteiger partial charge >= 0.3 is 0 Å². The zero-order chi connectivity index (χ0) is 12.8. The van der Waals surface area contributed by atoms with E-state index in [1.807, 2.05) is 32.0 Å². The highest BCUT2D eigenvalue weighted by Crippen LogP contribution is 2.20. The zero-order valence-corrected chi connectivity index (χ0v) is 11.6. The molecule has 1 aromatic carbocycles. The molecule has 0 radical (unpaired) electrons. The van der Waals surface area contributed by atoms with Gasteiger partial charge < -0.3 is 15.8 Å². The highest BCUT2D eigenvalue weighted by molar-refractivity contribution is 7.80. The molecule has 0 spiro atoms. The van der Waals surface area contributed by atoms with Gasteiger partial charge in [-0.3, -0.25) is 0 Å². The van der Waals surface area contributed by atoms with E-state index in [2.05, 4.69) is 5.32 Å². The van der Waals surface area contributed by atoms with Gasteiger partial charge in [-0.2, -0.15) is 0 Å². The number of anilines is 1. The summed E-state index contributed by atoms with van der Waals surface area (Å²) >= 11 is 10.9. The number of thiocarbonyl (C=S) groups is 1. The van der Waals surface area contributed by atoms with Crippen LogP contribution in [0, 0.1) is 0 Å². The third-order valence-electron chi connectivity index (χ3n) is 2.12. The third-order valence-corrected chi connectivity index (χ3v) is 2.65. The van der Waals surface area contributed by atoms with Crippen molar-refractivity contribution in [2.45, 2.75) is 20.0 Å². The molecule has 0 amide bonds. The van der Waals surface area contributed by atoms with Gasteiger partial charge in [0.15, 0.2) is 0 Å². The van der Waals surface area contributed by atoms with Crippen LogP contribution < -0.4 is 11.1 Å². The van der Waals surface area contributed by atoms with E-state index in [1.54, 1.807) is 0 Å². The fraction of sp³-hybridized carbons (Fsp3) is 0.417. The summed E-state index contributed by atoms with van der Waals surface area (Å²) in [7, 11) is 0. The molecule has 1 aromatic rings. The summed E-state index contributed by atoms with van der Waals surface area (Å²) < 4.78 is 5.42. The Hall–Kier alpha value is -0.840. The monoisotopic (exact) mass is 272 g/mol. The fourth-order valence-electron chi connectivity index (χ4n) is 1.31. The van der Waals surface area contributed by atoms with Crippen molar-refractivity contribution in [3.8, 4) is 0 Å². The molecule has 17 heavy (non-hydrogen) atoms. The summed E-state index contributed by atoms with van der Waals surface area (Å²) in [5.74, 6) is 0. The smallest absolute Gasteiger partial charge is 0.105 e. The number of ether oxygens (including phenoxy) is 1. The van der Waals surface area contributed by atoms with E-state index >= 15 is 0 Å². The highest BCUT2D eigenvalue weighted by atomic mass is 35.5. The fourth-order valence-corrected chi connectivity index (χ4v) is 1.83. The molecule has 3 nitrogen and oxygen atoms in total. The molecule has 0 aromatic heterocycles. The van der Waals surface area contributed by atoms with Crippen LogP contribution in [-0.4, -0.2) is 24.2 Å². The molecular weight excluding hydrogens is 256 g/mol. The molecule has 0 atom stereocenters. The predicted octanol–water partition coefficient (Wildman–Crippen LogP) is 2.81. The Morgan fingerprint density at radius 2 is 2.24 bits per heavy atom. The predicted molar refractivity (Wildman–Crippen MR) is 76.9 cm³/mol.